The van der Waals surface area contributed by atoms with Gasteiger partial charge in [0.25, 0.3) is 0 Å². The molecule has 0 saturated carbocycles. The van der Waals surface area contributed by atoms with Crippen LogP contribution in [-0.4, -0.2) is 12.4 Å². The molecule has 3 nitrogen and oxygen atoms in total. The molecular formula is C6H14N2O. The molecule has 1 heterocycles. The molecule has 0 aromatic carbocycles. The summed E-state index contributed by atoms with van der Waals surface area (Å²) in [4.78, 5) is 5.17. The van der Waals surface area contributed by atoms with E-state index in [4.69, 9.17) is 4.84 Å². The van der Waals surface area contributed by atoms with Crippen LogP contribution >= 0.6 is 0 Å². The lowest BCUT2D eigenvalue weighted by molar-refractivity contribution is -0.00151. The van der Waals surface area contributed by atoms with Crippen molar-refractivity contribution in [2.45, 2.75) is 33.2 Å². The van der Waals surface area contributed by atoms with Gasteiger partial charge in [0.05, 0.1) is 6.17 Å². The van der Waals surface area contributed by atoms with Crippen LogP contribution in [0.2, 0.25) is 0 Å². The smallest absolute Gasteiger partial charge is 0.133 e. The average Bonchev–Trinajstić information content (AvgIpc) is 2.14. The lowest BCUT2D eigenvalue weighted by Crippen LogP contribution is -2.33. The summed E-state index contributed by atoms with van der Waals surface area (Å²) in [6.07, 6.45) is 0.470. The maximum atomic E-state index is 5.17. The molecule has 0 aromatic rings. The summed E-state index contributed by atoms with van der Waals surface area (Å²) in [7, 11) is 0. The van der Waals surface area contributed by atoms with E-state index in [1.54, 1.807) is 0 Å². The highest BCUT2D eigenvalue weighted by Gasteiger charge is 2.22. The minimum absolute atomic E-state index is 0.181. The fourth-order valence-electron chi connectivity index (χ4n) is 0.818. The SMILES string of the molecule is CC1NOC(C(C)C)N1. The second-order valence-electron chi connectivity index (χ2n) is 2.79. The predicted octanol–water partition coefficient (Wildman–Crippen LogP) is 0.439. The molecule has 1 fully saturated rings. The highest BCUT2D eigenvalue weighted by molar-refractivity contribution is 4.67. The second-order valence-corrected chi connectivity index (χ2v) is 2.79. The van der Waals surface area contributed by atoms with E-state index in [1.165, 1.54) is 0 Å². The van der Waals surface area contributed by atoms with Gasteiger partial charge < -0.3 is 0 Å². The third-order valence-electron chi connectivity index (χ3n) is 1.39. The molecule has 1 aliphatic heterocycles. The average molecular weight is 130 g/mol. The van der Waals surface area contributed by atoms with E-state index < -0.39 is 0 Å². The largest absolute Gasteiger partial charge is 0.281 e. The van der Waals surface area contributed by atoms with Gasteiger partial charge in [0.1, 0.15) is 6.23 Å². The molecule has 54 valence electrons. The topological polar surface area (TPSA) is 33.3 Å². The van der Waals surface area contributed by atoms with Crippen molar-refractivity contribution in [3.63, 3.8) is 0 Å². The summed E-state index contributed by atoms with van der Waals surface area (Å²) >= 11 is 0. The molecular weight excluding hydrogens is 116 g/mol. The van der Waals surface area contributed by atoms with E-state index in [9.17, 15) is 0 Å². The zero-order valence-corrected chi connectivity index (χ0v) is 6.14. The molecule has 9 heavy (non-hydrogen) atoms. The van der Waals surface area contributed by atoms with E-state index in [0.29, 0.717) is 5.92 Å². The van der Waals surface area contributed by atoms with E-state index in [-0.39, 0.29) is 12.4 Å². The first-order valence-corrected chi connectivity index (χ1v) is 3.37. The summed E-state index contributed by atoms with van der Waals surface area (Å²) < 4.78 is 0. The highest BCUT2D eigenvalue weighted by atomic mass is 16.7. The van der Waals surface area contributed by atoms with E-state index >= 15 is 0 Å². The van der Waals surface area contributed by atoms with Crippen molar-refractivity contribution in [2.75, 3.05) is 0 Å². The lowest BCUT2D eigenvalue weighted by atomic mass is 10.2. The summed E-state index contributed by atoms with van der Waals surface area (Å²) in [5.74, 6) is 0.530. The third kappa shape index (κ3) is 1.64. The quantitative estimate of drug-likeness (QED) is 0.540. The van der Waals surface area contributed by atoms with Crippen LogP contribution in [0.1, 0.15) is 20.8 Å². The van der Waals surface area contributed by atoms with Crippen molar-refractivity contribution in [3.8, 4) is 0 Å². The molecule has 1 saturated heterocycles. The van der Waals surface area contributed by atoms with Crippen LogP contribution in [0.15, 0.2) is 0 Å². The van der Waals surface area contributed by atoms with Gasteiger partial charge in [-0.3, -0.25) is 10.2 Å². The number of rotatable bonds is 1. The Morgan fingerprint density at radius 2 is 2.11 bits per heavy atom. The van der Waals surface area contributed by atoms with Crippen LogP contribution in [-0.2, 0) is 4.84 Å². The molecule has 0 amide bonds. The predicted molar refractivity (Wildman–Crippen MR) is 35.4 cm³/mol. The van der Waals surface area contributed by atoms with E-state index in [0.717, 1.165) is 0 Å². The fourth-order valence-corrected chi connectivity index (χ4v) is 0.818. The Morgan fingerprint density at radius 3 is 2.33 bits per heavy atom. The molecule has 1 rings (SSSR count). The normalized spacial score (nSPS) is 36.0. The first-order valence-electron chi connectivity index (χ1n) is 3.37. The van der Waals surface area contributed by atoms with Crippen molar-refractivity contribution >= 4 is 0 Å². The Morgan fingerprint density at radius 1 is 1.44 bits per heavy atom. The molecule has 0 spiro atoms. The first kappa shape index (κ1) is 6.99. The molecule has 0 aliphatic carbocycles. The number of hydrogen-bond donors (Lipinski definition) is 2. The van der Waals surface area contributed by atoms with E-state index in [2.05, 4.69) is 24.6 Å². The molecule has 0 aromatic heterocycles. The number of hydrogen-bond acceptors (Lipinski definition) is 3. The van der Waals surface area contributed by atoms with Gasteiger partial charge >= 0.3 is 0 Å². The number of hydroxylamine groups is 1. The second kappa shape index (κ2) is 2.64. The van der Waals surface area contributed by atoms with Gasteiger partial charge in [-0.2, -0.15) is 5.48 Å². The monoisotopic (exact) mass is 130 g/mol. The van der Waals surface area contributed by atoms with Gasteiger partial charge in [-0.15, -0.1) is 0 Å². The van der Waals surface area contributed by atoms with Gasteiger partial charge in [-0.25, -0.2) is 0 Å². The van der Waals surface area contributed by atoms with Gasteiger partial charge in [-0.05, 0) is 12.8 Å². The van der Waals surface area contributed by atoms with Gasteiger partial charge in [0.15, 0.2) is 0 Å². The highest BCUT2D eigenvalue weighted by Crippen LogP contribution is 2.06. The number of nitrogens with one attached hydrogen (secondary N) is 2. The summed E-state index contributed by atoms with van der Waals surface area (Å²) in [6, 6.07) is 0. The summed E-state index contributed by atoms with van der Waals surface area (Å²) in [5, 5.41) is 3.22. The van der Waals surface area contributed by atoms with Gasteiger partial charge in [-0.1, -0.05) is 13.8 Å². The minimum Gasteiger partial charge on any atom is -0.281 e. The van der Waals surface area contributed by atoms with Crippen LogP contribution in [0.5, 0.6) is 0 Å². The van der Waals surface area contributed by atoms with Crippen LogP contribution < -0.4 is 10.8 Å². The standard InChI is InChI=1S/C6H14N2O/c1-4(2)6-7-5(3)8-9-6/h4-8H,1-3H3. The van der Waals surface area contributed by atoms with Crippen molar-refractivity contribution < 1.29 is 4.84 Å². The Bertz CT molecular complexity index is 95.1. The Labute approximate surface area is 55.7 Å². The maximum absolute atomic E-state index is 5.17. The van der Waals surface area contributed by atoms with Crippen molar-refractivity contribution in [3.05, 3.63) is 0 Å². The molecule has 1 aliphatic rings. The van der Waals surface area contributed by atoms with Crippen molar-refractivity contribution in [1.82, 2.24) is 10.8 Å². The van der Waals surface area contributed by atoms with Crippen LogP contribution in [0.3, 0.4) is 0 Å². The molecule has 2 atom stereocenters. The molecule has 2 unspecified atom stereocenters. The summed E-state index contributed by atoms with van der Waals surface area (Å²) in [6.45, 7) is 6.27. The van der Waals surface area contributed by atoms with Crippen molar-refractivity contribution in [1.29, 1.82) is 0 Å². The Balaban J connectivity index is 2.30. The Kier molecular flexibility index (Phi) is 2.05. The zero-order chi connectivity index (χ0) is 6.85. The van der Waals surface area contributed by atoms with E-state index in [1.807, 2.05) is 6.92 Å². The third-order valence-corrected chi connectivity index (χ3v) is 1.39. The minimum atomic E-state index is 0.181. The van der Waals surface area contributed by atoms with Crippen LogP contribution in [0.4, 0.5) is 0 Å². The lowest BCUT2D eigenvalue weighted by Gasteiger charge is -2.11. The zero-order valence-electron chi connectivity index (χ0n) is 6.14. The molecule has 0 bridgehead atoms. The molecule has 3 heteroatoms. The fraction of sp³-hybridized carbons (Fsp3) is 1.00. The summed E-state index contributed by atoms with van der Waals surface area (Å²) in [5.41, 5.74) is 2.84. The maximum Gasteiger partial charge on any atom is 0.133 e. The van der Waals surface area contributed by atoms with Crippen molar-refractivity contribution in [2.24, 2.45) is 5.92 Å². The molecule has 0 radical (unpaired) electrons. The van der Waals surface area contributed by atoms with Gasteiger partial charge in [0.2, 0.25) is 0 Å². The molecule has 2 N–H and O–H groups in total. The van der Waals surface area contributed by atoms with Gasteiger partial charge in [0, 0.05) is 0 Å². The van der Waals surface area contributed by atoms with Crippen LogP contribution in [0.25, 0.3) is 0 Å². The Hall–Kier alpha value is -0.120. The van der Waals surface area contributed by atoms with Crippen LogP contribution in [0, 0.1) is 5.92 Å². The first-order chi connectivity index (χ1) is 4.20.